The summed E-state index contributed by atoms with van der Waals surface area (Å²) in [6, 6.07) is 2.80. The highest BCUT2D eigenvalue weighted by atomic mass is 16.5. The lowest BCUT2D eigenvalue weighted by Gasteiger charge is -2.43. The van der Waals surface area contributed by atoms with E-state index in [1.165, 1.54) is 36.9 Å². The second kappa shape index (κ2) is 6.93. The van der Waals surface area contributed by atoms with Gasteiger partial charge in [0, 0.05) is 43.5 Å². The normalized spacial score (nSPS) is 27.6. The molecule has 6 nitrogen and oxygen atoms in total. The number of carbonyl (C=O) groups is 1. The lowest BCUT2D eigenvalue weighted by Crippen LogP contribution is -2.57. The molecule has 164 valence electrons. The minimum atomic E-state index is -0.260. The zero-order chi connectivity index (χ0) is 21.3. The van der Waals surface area contributed by atoms with Crippen LogP contribution in [0.3, 0.4) is 0 Å². The van der Waals surface area contributed by atoms with Gasteiger partial charge in [0.15, 0.2) is 0 Å². The van der Waals surface area contributed by atoms with Crippen LogP contribution in [0.25, 0.3) is 0 Å². The molecule has 1 saturated heterocycles. The Kier molecular flexibility index (Phi) is 4.37. The molecule has 0 spiro atoms. The largest absolute Gasteiger partial charge is 0.370 e. The maximum absolute atomic E-state index is 12.9. The van der Waals surface area contributed by atoms with E-state index in [1.807, 2.05) is 0 Å². The van der Waals surface area contributed by atoms with Crippen LogP contribution in [0.2, 0.25) is 0 Å². The Morgan fingerprint density at radius 1 is 1.13 bits per heavy atom. The summed E-state index contributed by atoms with van der Waals surface area (Å²) in [5.41, 5.74) is 3.98. The number of hydrogen-bond acceptors (Lipinski definition) is 5. The van der Waals surface area contributed by atoms with Crippen LogP contribution in [0.15, 0.2) is 0 Å². The third-order valence-corrected chi connectivity index (χ3v) is 7.80. The number of aromatic nitrogens is 1. The number of ether oxygens (including phenoxy) is 1. The molecule has 0 bridgehead atoms. The Morgan fingerprint density at radius 3 is 2.55 bits per heavy atom. The Hall–Kier alpha value is -2.13. The fourth-order valence-electron chi connectivity index (χ4n) is 5.54. The second-order valence-corrected chi connectivity index (χ2v) is 10.9. The van der Waals surface area contributed by atoms with Gasteiger partial charge in [-0.25, -0.2) is 4.98 Å². The number of pyridine rings is 1. The van der Waals surface area contributed by atoms with E-state index < -0.39 is 0 Å². The summed E-state index contributed by atoms with van der Waals surface area (Å²) in [6.07, 6.45) is 7.68. The maximum Gasteiger partial charge on any atom is 0.226 e. The van der Waals surface area contributed by atoms with Crippen molar-refractivity contribution in [1.82, 2.24) is 9.88 Å². The lowest BCUT2D eigenvalue weighted by molar-refractivity contribution is -0.135. The van der Waals surface area contributed by atoms with Crippen LogP contribution >= 0.6 is 0 Å². The van der Waals surface area contributed by atoms with Crippen LogP contribution in [0.1, 0.15) is 80.7 Å². The predicted molar refractivity (Wildman–Crippen MR) is 117 cm³/mol. The maximum atomic E-state index is 12.9. The monoisotopic (exact) mass is 420 g/mol. The van der Waals surface area contributed by atoms with Gasteiger partial charge in [-0.1, -0.05) is 0 Å². The molecule has 1 aromatic heterocycles. The topological polar surface area (TPSA) is 69.5 Å². The van der Waals surface area contributed by atoms with Crippen molar-refractivity contribution in [2.24, 2.45) is 11.8 Å². The molecular weight excluding hydrogens is 388 g/mol. The van der Waals surface area contributed by atoms with Crippen molar-refractivity contribution in [1.29, 1.82) is 5.26 Å². The summed E-state index contributed by atoms with van der Waals surface area (Å²) >= 11 is 0. The summed E-state index contributed by atoms with van der Waals surface area (Å²) < 4.78 is 6.11. The first-order valence-corrected chi connectivity index (χ1v) is 12.1. The van der Waals surface area contributed by atoms with E-state index in [0.717, 1.165) is 55.8 Å². The van der Waals surface area contributed by atoms with Crippen LogP contribution in [-0.2, 0) is 22.6 Å². The SMILES string of the molecule is CC1(C)Cc2c(C#N)c(N3CCN(C(=O)C4CC4)C(C4CC4)C3)nc(C3CC3)c2CO1. The van der Waals surface area contributed by atoms with Crippen molar-refractivity contribution in [3.8, 4) is 6.07 Å². The first-order valence-electron chi connectivity index (χ1n) is 12.1. The van der Waals surface area contributed by atoms with Crippen LogP contribution in [0.5, 0.6) is 0 Å². The van der Waals surface area contributed by atoms with E-state index in [-0.39, 0.29) is 17.6 Å². The van der Waals surface area contributed by atoms with Gasteiger partial charge in [0.2, 0.25) is 5.91 Å². The van der Waals surface area contributed by atoms with Gasteiger partial charge in [-0.2, -0.15) is 5.26 Å². The number of carbonyl (C=O) groups excluding carboxylic acids is 1. The van der Waals surface area contributed by atoms with Gasteiger partial charge in [-0.15, -0.1) is 0 Å². The Balaban J connectivity index is 1.37. The zero-order valence-electron chi connectivity index (χ0n) is 18.7. The summed E-state index contributed by atoms with van der Waals surface area (Å²) in [4.78, 5) is 22.6. The molecule has 3 heterocycles. The molecule has 6 rings (SSSR count). The van der Waals surface area contributed by atoms with E-state index in [9.17, 15) is 10.1 Å². The molecule has 4 fully saturated rings. The molecule has 0 radical (unpaired) electrons. The third kappa shape index (κ3) is 3.51. The Morgan fingerprint density at radius 2 is 1.90 bits per heavy atom. The quantitative estimate of drug-likeness (QED) is 0.745. The van der Waals surface area contributed by atoms with E-state index in [4.69, 9.17) is 9.72 Å². The average molecular weight is 421 g/mol. The number of nitrogens with zero attached hydrogens (tertiary/aromatic N) is 4. The van der Waals surface area contributed by atoms with Gasteiger partial charge in [-0.3, -0.25) is 4.79 Å². The number of nitriles is 1. The van der Waals surface area contributed by atoms with Crippen LogP contribution in [0.4, 0.5) is 5.82 Å². The number of anilines is 1. The Bertz CT molecular complexity index is 969. The molecular formula is C25H32N4O2. The molecule has 31 heavy (non-hydrogen) atoms. The van der Waals surface area contributed by atoms with Gasteiger partial charge in [-0.05, 0) is 63.9 Å². The van der Waals surface area contributed by atoms with Gasteiger partial charge in [0.25, 0.3) is 0 Å². The molecule has 0 N–H and O–H groups in total. The van der Waals surface area contributed by atoms with Gasteiger partial charge >= 0.3 is 0 Å². The van der Waals surface area contributed by atoms with E-state index >= 15 is 0 Å². The van der Waals surface area contributed by atoms with Crippen molar-refractivity contribution in [2.75, 3.05) is 24.5 Å². The van der Waals surface area contributed by atoms with Gasteiger partial charge in [0.05, 0.1) is 29.5 Å². The van der Waals surface area contributed by atoms with E-state index in [2.05, 4.69) is 29.7 Å². The molecule has 0 aromatic carbocycles. The molecule has 1 atom stereocenters. The molecule has 1 unspecified atom stereocenters. The molecule has 1 aromatic rings. The Labute approximate surface area is 184 Å². The predicted octanol–water partition coefficient (Wildman–Crippen LogP) is 3.52. The summed E-state index contributed by atoms with van der Waals surface area (Å²) in [5, 5.41) is 10.2. The van der Waals surface area contributed by atoms with Gasteiger partial charge in [0.1, 0.15) is 11.9 Å². The number of piperazine rings is 1. The van der Waals surface area contributed by atoms with Crippen molar-refractivity contribution in [2.45, 2.75) is 83.0 Å². The minimum absolute atomic E-state index is 0.260. The summed E-state index contributed by atoms with van der Waals surface area (Å²) in [7, 11) is 0. The molecule has 6 heteroatoms. The van der Waals surface area contributed by atoms with Crippen molar-refractivity contribution in [3.05, 3.63) is 22.4 Å². The fourth-order valence-corrected chi connectivity index (χ4v) is 5.54. The fraction of sp³-hybridized carbons (Fsp3) is 0.720. The number of fused-ring (bicyclic) bond motifs is 1. The molecule has 1 amide bonds. The molecule has 5 aliphatic rings. The van der Waals surface area contributed by atoms with Crippen LogP contribution in [-0.4, -0.2) is 47.1 Å². The lowest BCUT2D eigenvalue weighted by atomic mass is 9.87. The highest BCUT2D eigenvalue weighted by Crippen LogP contribution is 2.46. The van der Waals surface area contributed by atoms with E-state index in [1.54, 1.807) is 0 Å². The highest BCUT2D eigenvalue weighted by molar-refractivity contribution is 5.82. The number of hydrogen-bond donors (Lipinski definition) is 0. The average Bonchev–Trinajstić information content (AvgIpc) is 3.62. The van der Waals surface area contributed by atoms with Crippen LogP contribution < -0.4 is 4.90 Å². The molecule has 3 aliphatic carbocycles. The first kappa shape index (κ1) is 19.5. The third-order valence-electron chi connectivity index (χ3n) is 7.80. The number of amides is 1. The molecule has 3 saturated carbocycles. The standard InChI is InChI=1S/C25H32N4O2/c1-25(2)11-18-19(12-26)23(27-22(16-5-6-16)20(18)14-31-25)28-9-10-29(24(30)17-7-8-17)21(13-28)15-3-4-15/h15-17,21H,3-11,13-14H2,1-2H3. The zero-order valence-corrected chi connectivity index (χ0v) is 18.7. The summed E-state index contributed by atoms with van der Waals surface area (Å²) in [5.74, 6) is 2.64. The van der Waals surface area contributed by atoms with Crippen molar-refractivity contribution < 1.29 is 9.53 Å². The summed E-state index contributed by atoms with van der Waals surface area (Å²) in [6.45, 7) is 7.12. The van der Waals surface area contributed by atoms with E-state index in [0.29, 0.717) is 24.3 Å². The smallest absolute Gasteiger partial charge is 0.226 e. The number of rotatable bonds is 4. The molecule has 2 aliphatic heterocycles. The second-order valence-electron chi connectivity index (χ2n) is 10.9. The van der Waals surface area contributed by atoms with Gasteiger partial charge < -0.3 is 14.5 Å². The van der Waals surface area contributed by atoms with Crippen LogP contribution in [0, 0.1) is 23.2 Å². The van der Waals surface area contributed by atoms with Crippen molar-refractivity contribution in [3.63, 3.8) is 0 Å². The van der Waals surface area contributed by atoms with Crippen molar-refractivity contribution >= 4 is 11.7 Å². The highest BCUT2D eigenvalue weighted by Gasteiger charge is 2.45. The minimum Gasteiger partial charge on any atom is -0.370 e. The first-order chi connectivity index (χ1) is 14.9.